The van der Waals surface area contributed by atoms with Gasteiger partial charge in [0.05, 0.1) is 12.2 Å². The van der Waals surface area contributed by atoms with Crippen LogP contribution in [0.15, 0.2) is 0 Å². The van der Waals surface area contributed by atoms with E-state index >= 15 is 0 Å². The lowest BCUT2D eigenvalue weighted by Crippen LogP contribution is -2.37. The standard InChI is InChI=1S/C5H10N3/c1-2-7-5(6-1)4-3-8-4/h4-7H,1-3H2. The third-order valence-corrected chi connectivity index (χ3v) is 1.63. The smallest absolute Gasteiger partial charge is 0.0760 e. The maximum absolute atomic E-state index is 4.16. The van der Waals surface area contributed by atoms with Gasteiger partial charge >= 0.3 is 0 Å². The van der Waals surface area contributed by atoms with E-state index in [0.717, 1.165) is 19.6 Å². The van der Waals surface area contributed by atoms with Crippen LogP contribution in [0.4, 0.5) is 0 Å². The van der Waals surface area contributed by atoms with E-state index in [9.17, 15) is 0 Å². The quantitative estimate of drug-likeness (QED) is 0.405. The molecule has 0 aromatic heterocycles. The molecule has 0 aromatic carbocycles. The summed E-state index contributed by atoms with van der Waals surface area (Å²) in [7, 11) is 0. The summed E-state index contributed by atoms with van der Waals surface area (Å²) in [6.45, 7) is 3.28. The number of rotatable bonds is 1. The minimum absolute atomic E-state index is 0.509. The van der Waals surface area contributed by atoms with Crippen LogP contribution in [0.1, 0.15) is 0 Å². The first-order valence-corrected chi connectivity index (χ1v) is 3.10. The van der Waals surface area contributed by atoms with Gasteiger partial charge in [0.15, 0.2) is 0 Å². The molecule has 2 aliphatic rings. The van der Waals surface area contributed by atoms with Crippen molar-refractivity contribution in [3.8, 4) is 0 Å². The fourth-order valence-electron chi connectivity index (χ4n) is 1.07. The van der Waals surface area contributed by atoms with E-state index in [2.05, 4.69) is 16.0 Å². The highest BCUT2D eigenvalue weighted by molar-refractivity contribution is 4.95. The molecule has 0 bridgehead atoms. The summed E-state index contributed by atoms with van der Waals surface area (Å²) < 4.78 is 0. The van der Waals surface area contributed by atoms with Gasteiger partial charge < -0.3 is 0 Å². The largest absolute Gasteiger partial charge is 0.299 e. The average Bonchev–Trinajstić information content (AvgIpc) is 2.49. The molecule has 45 valence electrons. The second-order valence-electron chi connectivity index (χ2n) is 2.32. The van der Waals surface area contributed by atoms with Crippen LogP contribution in [0.3, 0.4) is 0 Å². The van der Waals surface area contributed by atoms with E-state index in [1.807, 2.05) is 0 Å². The van der Waals surface area contributed by atoms with Crippen LogP contribution in [0.2, 0.25) is 0 Å². The van der Waals surface area contributed by atoms with Gasteiger partial charge in [0.2, 0.25) is 0 Å². The van der Waals surface area contributed by atoms with Crippen molar-refractivity contribution in [3.05, 3.63) is 0 Å². The summed E-state index contributed by atoms with van der Waals surface area (Å²) in [5, 5.41) is 10.8. The van der Waals surface area contributed by atoms with Crippen LogP contribution >= 0.6 is 0 Å². The Labute approximate surface area is 48.8 Å². The summed E-state index contributed by atoms with van der Waals surface area (Å²) in [6.07, 6.45) is 0.509. The third kappa shape index (κ3) is 0.727. The summed E-state index contributed by atoms with van der Waals surface area (Å²) in [4.78, 5) is 0. The molecular weight excluding hydrogens is 102 g/mol. The minimum atomic E-state index is 0.509. The topological polar surface area (TPSA) is 38.2 Å². The second kappa shape index (κ2) is 1.69. The van der Waals surface area contributed by atoms with E-state index in [1.165, 1.54) is 0 Å². The van der Waals surface area contributed by atoms with Crippen molar-refractivity contribution in [2.24, 2.45) is 0 Å². The average molecular weight is 112 g/mol. The lowest BCUT2D eigenvalue weighted by atomic mass is 10.4. The highest BCUT2D eigenvalue weighted by Crippen LogP contribution is 2.05. The molecule has 2 saturated heterocycles. The number of hydrogen-bond donors (Lipinski definition) is 2. The molecule has 0 saturated carbocycles. The summed E-state index contributed by atoms with van der Waals surface area (Å²) >= 11 is 0. The predicted octanol–water partition coefficient (Wildman–Crippen LogP) is -1.51. The SMILES string of the molecule is C1CNC(C2C[N]2)N1. The van der Waals surface area contributed by atoms with Crippen molar-refractivity contribution in [1.82, 2.24) is 16.0 Å². The van der Waals surface area contributed by atoms with Gasteiger partial charge in [-0.2, -0.15) is 0 Å². The Morgan fingerprint density at radius 1 is 1.25 bits per heavy atom. The molecule has 3 nitrogen and oxygen atoms in total. The number of nitrogens with zero attached hydrogens (tertiary/aromatic N) is 1. The van der Waals surface area contributed by atoms with Crippen LogP contribution in [-0.2, 0) is 0 Å². The first-order chi connectivity index (χ1) is 3.97. The van der Waals surface area contributed by atoms with Crippen LogP contribution in [0.25, 0.3) is 0 Å². The third-order valence-electron chi connectivity index (χ3n) is 1.63. The molecule has 3 heteroatoms. The Kier molecular flexibility index (Phi) is 0.997. The first kappa shape index (κ1) is 4.73. The molecule has 0 amide bonds. The van der Waals surface area contributed by atoms with Crippen molar-refractivity contribution in [2.45, 2.75) is 12.2 Å². The summed E-state index contributed by atoms with van der Waals surface area (Å²) in [6, 6.07) is 0.595. The normalized spacial score (nSPS) is 38.2. The van der Waals surface area contributed by atoms with Gasteiger partial charge in [0.1, 0.15) is 0 Å². The van der Waals surface area contributed by atoms with E-state index in [1.54, 1.807) is 0 Å². The summed E-state index contributed by atoms with van der Waals surface area (Å²) in [5.74, 6) is 0. The number of hydrogen-bond acceptors (Lipinski definition) is 2. The number of nitrogens with one attached hydrogen (secondary N) is 2. The van der Waals surface area contributed by atoms with Gasteiger partial charge in [-0.15, -0.1) is 0 Å². The Balaban J connectivity index is 1.86. The molecule has 2 fully saturated rings. The zero-order valence-corrected chi connectivity index (χ0v) is 4.72. The van der Waals surface area contributed by atoms with Crippen molar-refractivity contribution in [2.75, 3.05) is 19.6 Å². The Hall–Kier alpha value is -0.120. The fraction of sp³-hybridized carbons (Fsp3) is 1.00. The highest BCUT2D eigenvalue weighted by atomic mass is 15.3. The molecule has 8 heavy (non-hydrogen) atoms. The molecule has 0 aromatic rings. The molecule has 0 aliphatic carbocycles. The molecule has 0 spiro atoms. The molecule has 2 heterocycles. The van der Waals surface area contributed by atoms with Crippen molar-refractivity contribution >= 4 is 0 Å². The van der Waals surface area contributed by atoms with Crippen molar-refractivity contribution in [1.29, 1.82) is 0 Å². The molecule has 2 aliphatic heterocycles. The molecule has 2 rings (SSSR count). The second-order valence-corrected chi connectivity index (χ2v) is 2.32. The van der Waals surface area contributed by atoms with E-state index in [-0.39, 0.29) is 0 Å². The minimum Gasteiger partial charge on any atom is -0.299 e. The Bertz CT molecular complexity index is 83.7. The summed E-state index contributed by atoms with van der Waals surface area (Å²) in [5.41, 5.74) is 0. The molecule has 1 atom stereocenters. The molecular formula is C5H10N3. The molecule has 2 N–H and O–H groups in total. The molecule has 1 radical (unpaired) electrons. The van der Waals surface area contributed by atoms with E-state index in [0.29, 0.717) is 12.2 Å². The van der Waals surface area contributed by atoms with Crippen LogP contribution < -0.4 is 16.0 Å². The van der Waals surface area contributed by atoms with E-state index in [4.69, 9.17) is 0 Å². The Morgan fingerprint density at radius 3 is 2.38 bits per heavy atom. The zero-order chi connectivity index (χ0) is 5.40. The first-order valence-electron chi connectivity index (χ1n) is 3.10. The van der Waals surface area contributed by atoms with Crippen molar-refractivity contribution in [3.63, 3.8) is 0 Å². The Morgan fingerprint density at radius 2 is 1.88 bits per heavy atom. The van der Waals surface area contributed by atoms with Crippen LogP contribution in [-0.4, -0.2) is 31.8 Å². The maximum atomic E-state index is 4.16. The molecule has 1 unspecified atom stereocenters. The monoisotopic (exact) mass is 112 g/mol. The van der Waals surface area contributed by atoms with Crippen molar-refractivity contribution < 1.29 is 0 Å². The highest BCUT2D eigenvalue weighted by Gasteiger charge is 2.33. The van der Waals surface area contributed by atoms with E-state index < -0.39 is 0 Å². The fourth-order valence-corrected chi connectivity index (χ4v) is 1.07. The van der Waals surface area contributed by atoms with Gasteiger partial charge in [-0.25, -0.2) is 5.32 Å². The van der Waals surface area contributed by atoms with Gasteiger partial charge in [-0.1, -0.05) is 0 Å². The predicted molar refractivity (Wildman–Crippen MR) is 30.6 cm³/mol. The lowest BCUT2D eigenvalue weighted by Gasteiger charge is -2.04. The van der Waals surface area contributed by atoms with Crippen LogP contribution in [0, 0.1) is 0 Å². The van der Waals surface area contributed by atoms with Gasteiger partial charge in [0, 0.05) is 19.6 Å². The van der Waals surface area contributed by atoms with Crippen LogP contribution in [0.5, 0.6) is 0 Å². The van der Waals surface area contributed by atoms with Gasteiger partial charge in [0.25, 0.3) is 0 Å². The van der Waals surface area contributed by atoms with Gasteiger partial charge in [-0.05, 0) is 0 Å². The lowest BCUT2D eigenvalue weighted by molar-refractivity contribution is 0.541. The van der Waals surface area contributed by atoms with Gasteiger partial charge in [-0.3, -0.25) is 10.6 Å². The zero-order valence-electron chi connectivity index (χ0n) is 4.72. The maximum Gasteiger partial charge on any atom is 0.0760 e.